The van der Waals surface area contributed by atoms with Crippen molar-refractivity contribution in [2.24, 2.45) is 0 Å². The summed E-state index contributed by atoms with van der Waals surface area (Å²) < 4.78 is 10.6. The molecule has 0 aliphatic heterocycles. The van der Waals surface area contributed by atoms with Gasteiger partial charge >= 0.3 is 11.9 Å². The highest BCUT2D eigenvalue weighted by atomic mass is 17.2. The van der Waals surface area contributed by atoms with Gasteiger partial charge in [-0.05, 0) is 30.9 Å². The van der Waals surface area contributed by atoms with Gasteiger partial charge in [0.05, 0.1) is 6.61 Å². The quantitative estimate of drug-likeness (QED) is 0.190. The third-order valence-corrected chi connectivity index (χ3v) is 5.35. The van der Waals surface area contributed by atoms with Gasteiger partial charge in [0.15, 0.2) is 5.78 Å². The second-order valence-corrected chi connectivity index (χ2v) is 7.47. The molecule has 1 aliphatic rings. The minimum absolute atomic E-state index is 0.195. The van der Waals surface area contributed by atoms with E-state index in [4.69, 9.17) is 14.4 Å². The molecule has 30 heavy (non-hydrogen) atoms. The van der Waals surface area contributed by atoms with Crippen molar-refractivity contribution >= 4 is 11.9 Å². The van der Waals surface area contributed by atoms with Crippen LogP contribution in [-0.4, -0.2) is 23.8 Å². The summed E-state index contributed by atoms with van der Waals surface area (Å²) in [5.74, 6) is -2.17. The van der Waals surface area contributed by atoms with Crippen LogP contribution in [0.2, 0.25) is 0 Å². The highest BCUT2D eigenvalue weighted by Gasteiger charge is 2.49. The summed E-state index contributed by atoms with van der Waals surface area (Å²) >= 11 is 0. The molecule has 0 aromatic heterocycles. The minimum atomic E-state index is -1.97. The second kappa shape index (κ2) is 9.87. The van der Waals surface area contributed by atoms with Gasteiger partial charge in [-0.2, -0.15) is 4.89 Å². The van der Waals surface area contributed by atoms with Gasteiger partial charge < -0.3 is 9.47 Å². The van der Waals surface area contributed by atoms with Crippen LogP contribution < -0.4 is 0 Å². The first kappa shape index (κ1) is 22.0. The smallest absolute Gasteiger partial charge is 0.434 e. The number of carbonyl (C=O) groups is 2. The van der Waals surface area contributed by atoms with E-state index < -0.39 is 11.9 Å². The predicted molar refractivity (Wildman–Crippen MR) is 111 cm³/mol. The van der Waals surface area contributed by atoms with E-state index in [1.165, 1.54) is 0 Å². The molecule has 1 unspecified atom stereocenters. The van der Waals surface area contributed by atoms with Crippen molar-refractivity contribution in [1.82, 2.24) is 0 Å². The number of ether oxygens (including phenoxy) is 2. The first-order valence-electron chi connectivity index (χ1n) is 10.5. The van der Waals surface area contributed by atoms with Gasteiger partial charge in [-0.1, -0.05) is 69.5 Å². The first-order chi connectivity index (χ1) is 14.6. The molecule has 0 bridgehead atoms. The Hall–Kier alpha value is -2.70. The third-order valence-electron chi connectivity index (χ3n) is 5.35. The number of aryl methyl sites for hydroxylation is 1. The van der Waals surface area contributed by atoms with Crippen molar-refractivity contribution < 1.29 is 29.2 Å². The fourth-order valence-corrected chi connectivity index (χ4v) is 3.73. The maximum atomic E-state index is 13.2. The van der Waals surface area contributed by atoms with Gasteiger partial charge in [0.1, 0.15) is 0 Å². The summed E-state index contributed by atoms with van der Waals surface area (Å²) in [6.45, 7) is 4.31. The summed E-state index contributed by atoms with van der Waals surface area (Å²) in [5, 5.41) is 9.94. The molecule has 0 saturated heterocycles. The van der Waals surface area contributed by atoms with Crippen LogP contribution in [0.4, 0.5) is 4.79 Å². The number of carbonyl (C=O) groups excluding carboxylic acids is 2. The number of hydrogen-bond acceptors (Lipinski definition) is 6. The largest absolute Gasteiger partial charge is 0.511 e. The fourth-order valence-electron chi connectivity index (χ4n) is 3.73. The first-order valence-corrected chi connectivity index (χ1v) is 10.5. The van der Waals surface area contributed by atoms with Gasteiger partial charge in [-0.3, -0.25) is 4.79 Å². The zero-order valence-electron chi connectivity index (χ0n) is 17.5. The number of unbranched alkanes of at least 4 members (excludes halogenated alkanes) is 3. The topological polar surface area (TPSA) is 82.1 Å². The van der Waals surface area contributed by atoms with Crippen molar-refractivity contribution in [1.29, 1.82) is 0 Å². The molecule has 2 aromatic rings. The van der Waals surface area contributed by atoms with Crippen LogP contribution in [0.15, 0.2) is 42.5 Å². The van der Waals surface area contributed by atoms with E-state index >= 15 is 0 Å². The normalized spacial score (nSPS) is 17.2. The molecular formula is C24H28O6. The zero-order chi connectivity index (χ0) is 21.6. The lowest BCUT2D eigenvalue weighted by Crippen LogP contribution is -2.42. The Morgan fingerprint density at radius 3 is 2.43 bits per heavy atom. The van der Waals surface area contributed by atoms with Crippen molar-refractivity contribution in [3.05, 3.63) is 70.3 Å². The van der Waals surface area contributed by atoms with Crippen molar-refractivity contribution in [3.63, 3.8) is 0 Å². The summed E-state index contributed by atoms with van der Waals surface area (Å²) in [4.78, 5) is 30.4. The van der Waals surface area contributed by atoms with Gasteiger partial charge in [0.25, 0.3) is 0 Å². The van der Waals surface area contributed by atoms with Gasteiger partial charge in [-0.15, -0.1) is 0 Å². The van der Waals surface area contributed by atoms with E-state index in [2.05, 4.69) is 6.92 Å². The Balaban J connectivity index is 2.03. The summed E-state index contributed by atoms with van der Waals surface area (Å²) in [5.41, 5.74) is 2.20. The molecule has 160 valence electrons. The Morgan fingerprint density at radius 2 is 1.70 bits per heavy atom. The van der Waals surface area contributed by atoms with Crippen molar-refractivity contribution in [2.45, 2.75) is 58.2 Å². The van der Waals surface area contributed by atoms with Gasteiger partial charge in [0, 0.05) is 22.3 Å². The summed E-state index contributed by atoms with van der Waals surface area (Å²) in [6, 6.07) is 12.0. The maximum absolute atomic E-state index is 13.2. The van der Waals surface area contributed by atoms with Gasteiger partial charge in [0.2, 0.25) is 0 Å². The molecular weight excluding hydrogens is 384 g/mol. The van der Waals surface area contributed by atoms with E-state index in [0.717, 1.165) is 37.7 Å². The van der Waals surface area contributed by atoms with Crippen LogP contribution >= 0.6 is 0 Å². The standard InChI is InChI=1S/C24H28O6/c1-3-5-7-10-17-13-14-21-19(16-17)22(25)18-11-8-9-12-20(18)24(21,30-27)29-23(26)28-15-6-4-2/h8-9,11-14,16,27H,3-7,10,15H2,1-2H3. The third kappa shape index (κ3) is 4.25. The van der Waals surface area contributed by atoms with Crippen molar-refractivity contribution in [2.75, 3.05) is 6.61 Å². The van der Waals surface area contributed by atoms with Crippen LogP contribution in [-0.2, 0) is 26.6 Å². The Kier molecular flexibility index (Phi) is 7.24. The SMILES string of the molecule is CCCCCc1ccc2c(c1)C(=O)c1ccccc1C2(OO)OC(=O)OCCCC. The average Bonchev–Trinajstić information content (AvgIpc) is 2.77. The molecule has 3 rings (SSSR count). The van der Waals surface area contributed by atoms with Crippen LogP contribution in [0.1, 0.15) is 78.6 Å². The maximum Gasteiger partial charge on any atom is 0.511 e. The lowest BCUT2D eigenvalue weighted by Gasteiger charge is -2.35. The number of fused-ring (bicyclic) bond motifs is 2. The van der Waals surface area contributed by atoms with E-state index in [0.29, 0.717) is 17.5 Å². The molecule has 0 spiro atoms. The molecule has 0 heterocycles. The molecule has 0 radical (unpaired) electrons. The number of hydrogen-bond donors (Lipinski definition) is 1. The molecule has 0 fully saturated rings. The summed E-state index contributed by atoms with van der Waals surface area (Å²) in [7, 11) is 0. The molecule has 2 aromatic carbocycles. The highest BCUT2D eigenvalue weighted by molar-refractivity contribution is 6.13. The second-order valence-electron chi connectivity index (χ2n) is 7.47. The zero-order valence-corrected chi connectivity index (χ0v) is 17.5. The fraction of sp³-hybridized carbons (Fsp3) is 0.417. The molecule has 1 atom stereocenters. The number of rotatable bonds is 9. The van der Waals surface area contributed by atoms with E-state index in [9.17, 15) is 14.8 Å². The predicted octanol–water partition coefficient (Wildman–Crippen LogP) is 5.61. The van der Waals surface area contributed by atoms with Crippen LogP contribution in [0.25, 0.3) is 0 Å². The Morgan fingerprint density at radius 1 is 0.967 bits per heavy atom. The Bertz CT molecular complexity index is 906. The van der Waals surface area contributed by atoms with E-state index in [1.54, 1.807) is 36.4 Å². The molecule has 1 aliphatic carbocycles. The molecule has 0 saturated carbocycles. The van der Waals surface area contributed by atoms with E-state index in [1.807, 2.05) is 13.0 Å². The molecule has 6 nitrogen and oxygen atoms in total. The van der Waals surface area contributed by atoms with Gasteiger partial charge in [-0.25, -0.2) is 10.1 Å². The minimum Gasteiger partial charge on any atom is -0.434 e. The molecule has 6 heteroatoms. The van der Waals surface area contributed by atoms with Crippen LogP contribution in [0, 0.1) is 0 Å². The monoisotopic (exact) mass is 412 g/mol. The highest BCUT2D eigenvalue weighted by Crippen LogP contribution is 2.43. The number of benzene rings is 2. The number of ketones is 1. The lowest BCUT2D eigenvalue weighted by molar-refractivity contribution is -0.383. The van der Waals surface area contributed by atoms with E-state index in [-0.39, 0.29) is 23.5 Å². The molecule has 0 amide bonds. The average molecular weight is 412 g/mol. The molecule has 1 N–H and O–H groups in total. The van der Waals surface area contributed by atoms with Crippen LogP contribution in [0.5, 0.6) is 0 Å². The van der Waals surface area contributed by atoms with Crippen LogP contribution in [0.3, 0.4) is 0 Å². The lowest BCUT2D eigenvalue weighted by atomic mass is 9.79. The Labute approximate surface area is 176 Å². The van der Waals surface area contributed by atoms with Crippen molar-refractivity contribution in [3.8, 4) is 0 Å². The summed E-state index contributed by atoms with van der Waals surface area (Å²) in [6.07, 6.45) is 4.63.